The number of carbonyl (C=O) groups is 1. The molecule has 1 heterocycles. The van der Waals surface area contributed by atoms with E-state index in [-0.39, 0.29) is 19.1 Å². The molecule has 0 aromatic carbocycles. The van der Waals surface area contributed by atoms with Gasteiger partial charge in [-0.3, -0.25) is 9.69 Å². The Morgan fingerprint density at radius 3 is 2.35 bits per heavy atom. The molecule has 7 heteroatoms. The number of halogens is 4. The van der Waals surface area contributed by atoms with E-state index in [0.29, 0.717) is 0 Å². The summed E-state index contributed by atoms with van der Waals surface area (Å²) in [5.74, 6) is -0.444. The van der Waals surface area contributed by atoms with Crippen molar-refractivity contribution in [1.82, 2.24) is 9.80 Å². The molecule has 1 amide bonds. The summed E-state index contributed by atoms with van der Waals surface area (Å²) in [6.07, 6.45) is -4.34. The number of piperazine rings is 1. The normalized spacial score (nSPS) is 29.2. The van der Waals surface area contributed by atoms with Gasteiger partial charge in [-0.1, -0.05) is 0 Å². The number of carbonyl (C=O) groups excluding carboxylic acids is 1. The molecule has 0 aliphatic carbocycles. The van der Waals surface area contributed by atoms with Crippen molar-refractivity contribution in [1.29, 1.82) is 0 Å². The van der Waals surface area contributed by atoms with Crippen molar-refractivity contribution in [2.45, 2.75) is 37.5 Å². The highest BCUT2D eigenvalue weighted by Crippen LogP contribution is 2.29. The third-order valence-electron chi connectivity index (χ3n) is 3.09. The Labute approximate surface area is 103 Å². The van der Waals surface area contributed by atoms with Crippen LogP contribution in [0.4, 0.5) is 13.2 Å². The van der Waals surface area contributed by atoms with E-state index in [1.807, 2.05) is 0 Å². The van der Waals surface area contributed by atoms with Crippen LogP contribution in [-0.2, 0) is 4.79 Å². The lowest BCUT2D eigenvalue weighted by molar-refractivity contribution is -0.200. The van der Waals surface area contributed by atoms with Gasteiger partial charge in [0, 0.05) is 19.1 Å². The van der Waals surface area contributed by atoms with Crippen molar-refractivity contribution >= 4 is 17.5 Å². The van der Waals surface area contributed by atoms with E-state index < -0.39 is 23.5 Å². The van der Waals surface area contributed by atoms with Gasteiger partial charge in [-0.15, -0.1) is 11.6 Å². The van der Waals surface area contributed by atoms with Gasteiger partial charge in [0.15, 0.2) is 0 Å². The molecule has 17 heavy (non-hydrogen) atoms. The summed E-state index contributed by atoms with van der Waals surface area (Å²) in [5, 5.41) is -0.792. The minimum absolute atomic E-state index is 0.277. The second kappa shape index (κ2) is 5.02. The summed E-state index contributed by atoms with van der Waals surface area (Å²) in [4.78, 5) is 14.1. The van der Waals surface area contributed by atoms with Gasteiger partial charge in [0.05, 0.1) is 0 Å². The quantitative estimate of drug-likeness (QED) is 0.679. The maximum atomic E-state index is 12.8. The molecule has 0 aromatic rings. The number of likely N-dealkylation sites (N-methyl/N-ethyl adjacent to an activating group) is 1. The van der Waals surface area contributed by atoms with Gasteiger partial charge in [0.1, 0.15) is 11.4 Å². The minimum Gasteiger partial charge on any atom is -0.338 e. The van der Waals surface area contributed by atoms with Crippen LogP contribution in [0.15, 0.2) is 0 Å². The smallest absolute Gasteiger partial charge is 0.338 e. The summed E-state index contributed by atoms with van der Waals surface area (Å²) in [6, 6.07) is -1.96. The van der Waals surface area contributed by atoms with E-state index in [1.54, 1.807) is 6.92 Å². The van der Waals surface area contributed by atoms with Crippen LogP contribution in [0.3, 0.4) is 0 Å². The fourth-order valence-corrected chi connectivity index (χ4v) is 2.07. The number of alkyl halides is 4. The molecule has 1 rings (SSSR count). The third kappa shape index (κ3) is 3.25. The first kappa shape index (κ1) is 14.6. The van der Waals surface area contributed by atoms with E-state index >= 15 is 0 Å². The highest BCUT2D eigenvalue weighted by atomic mass is 35.5. The Morgan fingerprint density at radius 2 is 1.94 bits per heavy atom. The Morgan fingerprint density at radius 1 is 1.41 bits per heavy atom. The van der Waals surface area contributed by atoms with Crippen molar-refractivity contribution in [2.24, 2.45) is 0 Å². The molecule has 100 valence electrons. The van der Waals surface area contributed by atoms with Crippen molar-refractivity contribution < 1.29 is 18.0 Å². The van der Waals surface area contributed by atoms with Gasteiger partial charge in [0.25, 0.3) is 0 Å². The van der Waals surface area contributed by atoms with Crippen LogP contribution < -0.4 is 0 Å². The van der Waals surface area contributed by atoms with Crippen LogP contribution in [0.2, 0.25) is 0 Å². The SMILES string of the molecule is CC(Cl)C(=O)N1CC(C)N(C)C(C(F)(F)F)C1. The van der Waals surface area contributed by atoms with Crippen LogP contribution in [0.25, 0.3) is 0 Å². The molecule has 0 radical (unpaired) electrons. The summed E-state index contributed by atoms with van der Waals surface area (Å²) in [7, 11) is 1.43. The first-order valence-corrected chi connectivity index (χ1v) is 5.79. The molecule has 3 atom stereocenters. The zero-order valence-electron chi connectivity index (χ0n) is 9.96. The second-order valence-electron chi connectivity index (χ2n) is 4.43. The molecule has 1 aliphatic rings. The van der Waals surface area contributed by atoms with Crippen molar-refractivity contribution in [3.63, 3.8) is 0 Å². The van der Waals surface area contributed by atoms with Crippen molar-refractivity contribution in [3.8, 4) is 0 Å². The summed E-state index contributed by atoms with van der Waals surface area (Å²) in [6.45, 7) is 3.06. The fourth-order valence-electron chi connectivity index (χ4n) is 1.93. The van der Waals surface area contributed by atoms with Gasteiger partial charge in [0.2, 0.25) is 5.91 Å². The first-order chi connectivity index (χ1) is 7.64. The zero-order chi connectivity index (χ0) is 13.4. The molecular weight excluding hydrogens is 257 g/mol. The molecule has 0 saturated carbocycles. The van der Waals surface area contributed by atoms with E-state index in [9.17, 15) is 18.0 Å². The summed E-state index contributed by atoms with van der Waals surface area (Å²) >= 11 is 5.62. The highest BCUT2D eigenvalue weighted by molar-refractivity contribution is 6.30. The first-order valence-electron chi connectivity index (χ1n) is 5.36. The largest absolute Gasteiger partial charge is 0.405 e. The van der Waals surface area contributed by atoms with Crippen LogP contribution in [0, 0.1) is 0 Å². The lowest BCUT2D eigenvalue weighted by atomic mass is 10.1. The fraction of sp³-hybridized carbons (Fsp3) is 0.900. The standard InChI is InChI=1S/C10H16ClF3N2O/c1-6-4-16(9(17)7(2)11)5-8(15(6)3)10(12,13)14/h6-8H,4-5H2,1-3H3. The van der Waals surface area contributed by atoms with Crippen LogP contribution in [0.5, 0.6) is 0 Å². The Hall–Kier alpha value is -0.490. The van der Waals surface area contributed by atoms with Gasteiger partial charge >= 0.3 is 6.18 Å². The zero-order valence-corrected chi connectivity index (χ0v) is 10.7. The second-order valence-corrected chi connectivity index (χ2v) is 5.09. The van der Waals surface area contributed by atoms with Gasteiger partial charge in [-0.2, -0.15) is 13.2 Å². The molecule has 1 aliphatic heterocycles. The van der Waals surface area contributed by atoms with Gasteiger partial charge < -0.3 is 4.90 Å². The number of nitrogens with zero attached hydrogens (tertiary/aromatic N) is 2. The highest BCUT2D eigenvalue weighted by Gasteiger charge is 2.48. The molecule has 3 unspecified atom stereocenters. The number of rotatable bonds is 1. The Balaban J connectivity index is 2.84. The summed E-state index contributed by atoms with van der Waals surface area (Å²) in [5.41, 5.74) is 0. The van der Waals surface area contributed by atoms with E-state index in [2.05, 4.69) is 0 Å². The average Bonchev–Trinajstić information content (AvgIpc) is 2.18. The number of hydrogen-bond acceptors (Lipinski definition) is 2. The van der Waals surface area contributed by atoms with E-state index in [0.717, 1.165) is 0 Å². The maximum Gasteiger partial charge on any atom is 0.405 e. The van der Waals surface area contributed by atoms with Crippen molar-refractivity contribution in [3.05, 3.63) is 0 Å². The van der Waals surface area contributed by atoms with E-state index in [4.69, 9.17) is 11.6 Å². The maximum absolute atomic E-state index is 12.8. The number of amides is 1. The van der Waals surface area contributed by atoms with E-state index in [1.165, 1.54) is 23.8 Å². The number of hydrogen-bond donors (Lipinski definition) is 0. The van der Waals surface area contributed by atoms with Crippen LogP contribution in [0.1, 0.15) is 13.8 Å². The van der Waals surface area contributed by atoms with Crippen LogP contribution >= 0.6 is 11.6 Å². The Bertz CT molecular complexity index is 296. The van der Waals surface area contributed by atoms with Crippen molar-refractivity contribution in [2.75, 3.05) is 20.1 Å². The molecule has 1 saturated heterocycles. The summed E-state index contributed by atoms with van der Waals surface area (Å²) < 4.78 is 38.4. The monoisotopic (exact) mass is 272 g/mol. The lowest BCUT2D eigenvalue weighted by Gasteiger charge is -2.44. The molecule has 1 fully saturated rings. The predicted octanol–water partition coefficient (Wildman–Crippen LogP) is 1.71. The predicted molar refractivity (Wildman–Crippen MR) is 59.0 cm³/mol. The Kier molecular flexibility index (Phi) is 4.30. The molecular formula is C10H16ClF3N2O. The topological polar surface area (TPSA) is 23.6 Å². The molecule has 0 aromatic heterocycles. The van der Waals surface area contributed by atoms with Crippen LogP contribution in [-0.4, -0.2) is 59.5 Å². The molecule has 0 spiro atoms. The van der Waals surface area contributed by atoms with Gasteiger partial charge in [-0.25, -0.2) is 0 Å². The molecule has 0 bridgehead atoms. The molecule has 3 nitrogen and oxygen atoms in total. The lowest BCUT2D eigenvalue weighted by Crippen LogP contribution is -2.62. The minimum atomic E-state index is -4.34. The average molecular weight is 273 g/mol. The van der Waals surface area contributed by atoms with Gasteiger partial charge in [-0.05, 0) is 20.9 Å². The molecule has 0 N–H and O–H groups in total. The third-order valence-corrected chi connectivity index (χ3v) is 3.28.